The standard InChI is InChI=1S/C16H30N2O3S.ClH/c1-3-15(4-2,12-17)14(19)18-10-11-22(20,21)16(13-18)8-6-5-7-9-16;/h3-13,17H2,1-2H3;1H. The van der Waals surface area contributed by atoms with Crippen LogP contribution in [-0.2, 0) is 14.6 Å². The van der Waals surface area contributed by atoms with Gasteiger partial charge in [0.05, 0.1) is 15.9 Å². The molecule has 0 unspecified atom stereocenters. The van der Waals surface area contributed by atoms with Gasteiger partial charge in [-0.25, -0.2) is 8.42 Å². The van der Waals surface area contributed by atoms with Crippen LogP contribution in [0.4, 0.5) is 0 Å². The van der Waals surface area contributed by atoms with Crippen LogP contribution in [0.1, 0.15) is 58.8 Å². The van der Waals surface area contributed by atoms with Crippen LogP contribution >= 0.6 is 12.4 Å². The summed E-state index contributed by atoms with van der Waals surface area (Å²) >= 11 is 0. The molecule has 2 fully saturated rings. The first-order chi connectivity index (χ1) is 10.4. The Morgan fingerprint density at radius 3 is 2.22 bits per heavy atom. The van der Waals surface area contributed by atoms with Crippen LogP contribution in [0.25, 0.3) is 0 Å². The number of carbonyl (C=O) groups is 1. The van der Waals surface area contributed by atoms with Gasteiger partial charge in [0.25, 0.3) is 0 Å². The predicted octanol–water partition coefficient (Wildman–Crippen LogP) is 2.13. The van der Waals surface area contributed by atoms with Crippen LogP contribution < -0.4 is 5.73 Å². The average molecular weight is 367 g/mol. The number of hydrogen-bond donors (Lipinski definition) is 1. The molecule has 23 heavy (non-hydrogen) atoms. The molecule has 2 N–H and O–H groups in total. The first kappa shape index (κ1) is 20.7. The van der Waals surface area contributed by atoms with Crippen molar-refractivity contribution in [1.29, 1.82) is 0 Å². The second-order valence-electron chi connectivity index (χ2n) is 6.98. The Morgan fingerprint density at radius 2 is 1.74 bits per heavy atom. The van der Waals surface area contributed by atoms with Gasteiger partial charge in [0.2, 0.25) is 5.91 Å². The third-order valence-electron chi connectivity index (χ3n) is 6.02. The predicted molar refractivity (Wildman–Crippen MR) is 95.5 cm³/mol. The summed E-state index contributed by atoms with van der Waals surface area (Å²) in [5.74, 6) is 0.159. The largest absolute Gasteiger partial charge is 0.340 e. The van der Waals surface area contributed by atoms with E-state index in [9.17, 15) is 13.2 Å². The fourth-order valence-electron chi connectivity index (χ4n) is 4.07. The normalized spacial score (nSPS) is 23.3. The van der Waals surface area contributed by atoms with Crippen LogP contribution in [0.3, 0.4) is 0 Å². The van der Waals surface area contributed by atoms with E-state index in [-0.39, 0.29) is 24.1 Å². The van der Waals surface area contributed by atoms with Crippen molar-refractivity contribution in [2.45, 2.75) is 63.5 Å². The van der Waals surface area contributed by atoms with E-state index in [0.717, 1.165) is 19.3 Å². The summed E-state index contributed by atoms with van der Waals surface area (Å²) in [7, 11) is -3.10. The first-order valence-corrected chi connectivity index (χ1v) is 10.2. The third-order valence-corrected chi connectivity index (χ3v) is 8.60. The SMILES string of the molecule is CCC(CC)(CN)C(=O)N1CCS(=O)(=O)C2(CCCCC2)C1.Cl. The van der Waals surface area contributed by atoms with Crippen LogP contribution in [-0.4, -0.2) is 49.4 Å². The molecule has 0 aromatic heterocycles. The van der Waals surface area contributed by atoms with Crippen molar-refractivity contribution >= 4 is 28.2 Å². The van der Waals surface area contributed by atoms with Gasteiger partial charge in [-0.3, -0.25) is 4.79 Å². The Balaban J connectivity index is 0.00000264. The molecule has 2 rings (SSSR count). The molecule has 1 saturated carbocycles. The van der Waals surface area contributed by atoms with Gasteiger partial charge >= 0.3 is 0 Å². The van der Waals surface area contributed by atoms with Gasteiger partial charge in [0, 0.05) is 19.6 Å². The van der Waals surface area contributed by atoms with Gasteiger partial charge in [-0.05, 0) is 25.7 Å². The van der Waals surface area contributed by atoms with E-state index in [2.05, 4.69) is 0 Å². The van der Waals surface area contributed by atoms with E-state index in [1.807, 2.05) is 13.8 Å². The number of halogens is 1. The molecular formula is C16H31ClN2O3S. The molecule has 1 saturated heterocycles. The maximum Gasteiger partial charge on any atom is 0.230 e. The van der Waals surface area contributed by atoms with Crippen molar-refractivity contribution in [3.63, 3.8) is 0 Å². The Labute approximate surface area is 146 Å². The fourth-order valence-corrected chi connectivity index (χ4v) is 6.23. The number of sulfone groups is 1. The molecule has 0 radical (unpaired) electrons. The molecule has 0 atom stereocenters. The zero-order valence-corrected chi connectivity index (χ0v) is 16.0. The monoisotopic (exact) mass is 366 g/mol. The molecule has 1 aliphatic heterocycles. The summed E-state index contributed by atoms with van der Waals surface area (Å²) in [4.78, 5) is 14.8. The lowest BCUT2D eigenvalue weighted by atomic mass is 9.80. The molecule has 0 aromatic rings. The molecule has 5 nitrogen and oxygen atoms in total. The smallest absolute Gasteiger partial charge is 0.230 e. The quantitative estimate of drug-likeness (QED) is 0.826. The molecule has 1 amide bonds. The van der Waals surface area contributed by atoms with Gasteiger partial charge in [-0.15, -0.1) is 12.4 Å². The highest BCUT2D eigenvalue weighted by molar-refractivity contribution is 7.92. The van der Waals surface area contributed by atoms with Crippen LogP contribution in [0.15, 0.2) is 0 Å². The second-order valence-corrected chi connectivity index (χ2v) is 9.48. The molecule has 2 aliphatic rings. The Morgan fingerprint density at radius 1 is 1.17 bits per heavy atom. The topological polar surface area (TPSA) is 80.5 Å². The maximum absolute atomic E-state index is 13.0. The highest BCUT2D eigenvalue weighted by Gasteiger charge is 2.51. The Kier molecular flexibility index (Phi) is 6.94. The number of amides is 1. The maximum atomic E-state index is 13.0. The van der Waals surface area contributed by atoms with E-state index in [1.54, 1.807) is 4.90 Å². The minimum Gasteiger partial charge on any atom is -0.340 e. The lowest BCUT2D eigenvalue weighted by molar-refractivity contribution is -0.142. The summed E-state index contributed by atoms with van der Waals surface area (Å²) in [5, 5.41) is 0. The summed E-state index contributed by atoms with van der Waals surface area (Å²) in [6.07, 6.45) is 5.81. The number of nitrogens with zero attached hydrogens (tertiary/aromatic N) is 1. The van der Waals surface area contributed by atoms with E-state index in [0.29, 0.717) is 45.3 Å². The molecule has 136 valence electrons. The number of nitrogens with two attached hydrogens (primary N) is 1. The lowest BCUT2D eigenvalue weighted by Gasteiger charge is -2.46. The number of carbonyl (C=O) groups excluding carboxylic acids is 1. The van der Waals surface area contributed by atoms with Crippen molar-refractivity contribution in [3.05, 3.63) is 0 Å². The molecule has 1 heterocycles. The Hall–Kier alpha value is -0.330. The molecule has 1 aliphatic carbocycles. The van der Waals surface area contributed by atoms with Gasteiger partial charge in [0.1, 0.15) is 0 Å². The molecular weight excluding hydrogens is 336 g/mol. The first-order valence-electron chi connectivity index (χ1n) is 8.58. The van der Waals surface area contributed by atoms with Crippen LogP contribution in [0.2, 0.25) is 0 Å². The summed E-state index contributed by atoms with van der Waals surface area (Å²) in [6, 6.07) is 0. The van der Waals surface area contributed by atoms with Crippen molar-refractivity contribution in [2.24, 2.45) is 11.1 Å². The van der Waals surface area contributed by atoms with E-state index < -0.39 is 20.0 Å². The van der Waals surface area contributed by atoms with Crippen molar-refractivity contribution < 1.29 is 13.2 Å². The molecule has 0 aromatic carbocycles. The second kappa shape index (κ2) is 7.70. The average Bonchev–Trinajstić information content (AvgIpc) is 2.53. The van der Waals surface area contributed by atoms with Crippen LogP contribution in [0.5, 0.6) is 0 Å². The fraction of sp³-hybridized carbons (Fsp3) is 0.938. The van der Waals surface area contributed by atoms with Gasteiger partial charge < -0.3 is 10.6 Å². The van der Waals surface area contributed by atoms with Gasteiger partial charge in [-0.1, -0.05) is 33.1 Å². The number of hydrogen-bond acceptors (Lipinski definition) is 4. The van der Waals surface area contributed by atoms with Crippen LogP contribution in [0, 0.1) is 5.41 Å². The number of rotatable bonds is 4. The lowest BCUT2D eigenvalue weighted by Crippen LogP contribution is -2.61. The van der Waals surface area contributed by atoms with Crippen molar-refractivity contribution in [3.8, 4) is 0 Å². The van der Waals surface area contributed by atoms with E-state index in [1.165, 1.54) is 0 Å². The molecule has 7 heteroatoms. The van der Waals surface area contributed by atoms with E-state index >= 15 is 0 Å². The zero-order valence-electron chi connectivity index (χ0n) is 14.3. The summed E-state index contributed by atoms with van der Waals surface area (Å²) in [5.41, 5.74) is 5.36. The summed E-state index contributed by atoms with van der Waals surface area (Å²) in [6.45, 7) is 5.01. The minimum absolute atomic E-state index is 0. The third kappa shape index (κ3) is 3.54. The minimum atomic E-state index is -3.10. The molecule has 1 spiro atoms. The van der Waals surface area contributed by atoms with Crippen molar-refractivity contribution in [2.75, 3.05) is 25.4 Å². The highest BCUT2D eigenvalue weighted by Crippen LogP contribution is 2.40. The van der Waals surface area contributed by atoms with E-state index in [4.69, 9.17) is 5.73 Å². The summed E-state index contributed by atoms with van der Waals surface area (Å²) < 4.78 is 24.6. The molecule has 0 bridgehead atoms. The van der Waals surface area contributed by atoms with Gasteiger partial charge in [0.15, 0.2) is 9.84 Å². The van der Waals surface area contributed by atoms with Crippen molar-refractivity contribution in [1.82, 2.24) is 4.90 Å². The Bertz CT molecular complexity index is 503. The van der Waals surface area contributed by atoms with Gasteiger partial charge in [-0.2, -0.15) is 0 Å². The zero-order chi connectivity index (χ0) is 16.4. The highest BCUT2D eigenvalue weighted by atomic mass is 35.5.